The second-order valence-electron chi connectivity index (χ2n) is 10.3. The molecule has 2 saturated carbocycles. The molecule has 0 N–H and O–H groups in total. The summed E-state index contributed by atoms with van der Waals surface area (Å²) in [5, 5.41) is 0. The van der Waals surface area contributed by atoms with Gasteiger partial charge in [-0.15, -0.1) is 0 Å². The molecule has 4 heteroatoms. The zero-order valence-electron chi connectivity index (χ0n) is 18.2. The van der Waals surface area contributed by atoms with Gasteiger partial charge in [0.2, 0.25) is 0 Å². The summed E-state index contributed by atoms with van der Waals surface area (Å²) in [5.74, 6) is 1.71. The van der Waals surface area contributed by atoms with Gasteiger partial charge >= 0.3 is 0 Å². The van der Waals surface area contributed by atoms with Crippen LogP contribution in [0.5, 0.6) is 0 Å². The van der Waals surface area contributed by atoms with Gasteiger partial charge in [0.25, 0.3) is 0 Å². The fraction of sp³-hybridized carbons (Fsp3) is 0.875. The van der Waals surface area contributed by atoms with Crippen molar-refractivity contribution in [2.45, 2.75) is 91.0 Å². The summed E-state index contributed by atoms with van der Waals surface area (Å²) in [6.07, 6.45) is 8.39. The third-order valence-electron chi connectivity index (χ3n) is 7.95. The predicted molar refractivity (Wildman–Crippen MR) is 109 cm³/mol. The molecule has 0 spiro atoms. The van der Waals surface area contributed by atoms with Crippen molar-refractivity contribution in [1.29, 1.82) is 0 Å². The molecule has 0 aromatic carbocycles. The maximum absolute atomic E-state index is 12.8. The van der Waals surface area contributed by atoms with E-state index in [0.717, 1.165) is 44.3 Å². The molecule has 0 bridgehead atoms. The third kappa shape index (κ3) is 3.73. The smallest absolute Gasteiger partial charge is 0.166 e. The molecular weight excluding hydrogens is 352 g/mol. The molecule has 2 unspecified atom stereocenters. The van der Waals surface area contributed by atoms with E-state index < -0.39 is 5.79 Å². The first-order valence-electron chi connectivity index (χ1n) is 11.5. The van der Waals surface area contributed by atoms with Gasteiger partial charge in [-0.2, -0.15) is 0 Å². The highest BCUT2D eigenvalue weighted by molar-refractivity contribution is 5.97. The van der Waals surface area contributed by atoms with E-state index in [1.165, 1.54) is 18.4 Å². The number of ketones is 1. The number of fused-ring (bicyclic) bond motifs is 3. The number of rotatable bonds is 6. The minimum atomic E-state index is -0.507. The topological polar surface area (TPSA) is 44.8 Å². The lowest BCUT2D eigenvalue weighted by Gasteiger charge is -2.48. The summed E-state index contributed by atoms with van der Waals surface area (Å²) in [4.78, 5) is 12.8. The molecule has 4 aliphatic rings. The Morgan fingerprint density at radius 3 is 2.57 bits per heavy atom. The zero-order valence-corrected chi connectivity index (χ0v) is 18.2. The number of hydrogen-bond acceptors (Lipinski definition) is 4. The highest BCUT2D eigenvalue weighted by Crippen LogP contribution is 2.59. The fourth-order valence-electron chi connectivity index (χ4n) is 6.37. The van der Waals surface area contributed by atoms with E-state index in [9.17, 15) is 4.79 Å². The van der Waals surface area contributed by atoms with Crippen LogP contribution in [0.1, 0.15) is 79.1 Å². The zero-order chi connectivity index (χ0) is 19.9. The van der Waals surface area contributed by atoms with Crippen molar-refractivity contribution >= 4 is 5.78 Å². The number of hydrogen-bond donors (Lipinski definition) is 0. The Balaban J connectivity index is 1.51. The maximum atomic E-state index is 12.8. The van der Waals surface area contributed by atoms with Crippen molar-refractivity contribution in [2.24, 2.45) is 23.2 Å². The molecule has 28 heavy (non-hydrogen) atoms. The number of ether oxygens (including phenoxy) is 3. The Labute approximate surface area is 170 Å². The van der Waals surface area contributed by atoms with E-state index in [0.29, 0.717) is 49.3 Å². The molecule has 1 heterocycles. The van der Waals surface area contributed by atoms with Crippen molar-refractivity contribution in [1.82, 2.24) is 0 Å². The van der Waals surface area contributed by atoms with E-state index in [2.05, 4.69) is 20.8 Å². The van der Waals surface area contributed by atoms with Crippen LogP contribution in [0.15, 0.2) is 11.1 Å². The van der Waals surface area contributed by atoms with Crippen LogP contribution in [-0.4, -0.2) is 37.5 Å². The largest absolute Gasteiger partial charge is 0.377 e. The molecule has 4 rings (SSSR count). The predicted octanol–water partition coefficient (Wildman–Crippen LogP) is 5.06. The van der Waals surface area contributed by atoms with Crippen molar-refractivity contribution in [3.05, 3.63) is 11.1 Å². The molecule has 0 aromatic heterocycles. The molecule has 1 saturated heterocycles. The highest BCUT2D eigenvalue weighted by Gasteiger charge is 2.54. The normalized spacial score (nSPS) is 37.5. The van der Waals surface area contributed by atoms with Crippen LogP contribution in [0.2, 0.25) is 0 Å². The van der Waals surface area contributed by atoms with E-state index in [-0.39, 0.29) is 5.41 Å². The minimum absolute atomic E-state index is 0.276. The molecular formula is C24H38O4. The third-order valence-corrected chi connectivity index (χ3v) is 7.95. The van der Waals surface area contributed by atoms with E-state index in [4.69, 9.17) is 14.2 Å². The van der Waals surface area contributed by atoms with Crippen molar-refractivity contribution in [3.63, 3.8) is 0 Å². The monoisotopic (exact) mass is 390 g/mol. The van der Waals surface area contributed by atoms with Gasteiger partial charge in [-0.1, -0.05) is 26.3 Å². The number of Topliss-reactive ketones (excluding diaryl/α,β-unsaturated/α-hetero) is 1. The molecule has 0 amide bonds. The fourth-order valence-corrected chi connectivity index (χ4v) is 6.37. The van der Waals surface area contributed by atoms with Crippen LogP contribution in [0.4, 0.5) is 0 Å². The van der Waals surface area contributed by atoms with Crippen LogP contribution >= 0.6 is 0 Å². The average molecular weight is 391 g/mol. The SMILES string of the molecule is CC(C)CO[C@@H]1CCC2C3CCC(=O)C(CCC4(C)OCCO4)=C3CC[C@]21C. The summed E-state index contributed by atoms with van der Waals surface area (Å²) >= 11 is 0. The molecule has 0 radical (unpaired) electrons. The summed E-state index contributed by atoms with van der Waals surface area (Å²) in [5.41, 5.74) is 2.87. The Hall–Kier alpha value is -0.710. The molecule has 3 aliphatic carbocycles. The molecule has 158 valence electrons. The van der Waals surface area contributed by atoms with Crippen molar-refractivity contribution in [2.75, 3.05) is 19.8 Å². The number of carbonyl (C=O) groups is 1. The number of carbonyl (C=O) groups excluding carboxylic acids is 1. The Kier molecular flexibility index (Phi) is 5.76. The van der Waals surface area contributed by atoms with Gasteiger partial charge < -0.3 is 14.2 Å². The Bertz CT molecular complexity index is 631. The number of allylic oxidation sites excluding steroid dienone is 2. The lowest BCUT2D eigenvalue weighted by molar-refractivity contribution is -0.146. The van der Waals surface area contributed by atoms with Gasteiger partial charge in [0.05, 0.1) is 19.3 Å². The van der Waals surface area contributed by atoms with Gasteiger partial charge in [-0.25, -0.2) is 0 Å². The molecule has 4 nitrogen and oxygen atoms in total. The summed E-state index contributed by atoms with van der Waals surface area (Å²) < 4.78 is 17.9. The van der Waals surface area contributed by atoms with E-state index >= 15 is 0 Å². The summed E-state index contributed by atoms with van der Waals surface area (Å²) in [7, 11) is 0. The Morgan fingerprint density at radius 2 is 1.86 bits per heavy atom. The lowest BCUT2D eigenvalue weighted by Crippen LogP contribution is -2.43. The first kappa shape index (κ1) is 20.6. The van der Waals surface area contributed by atoms with E-state index in [1.807, 2.05) is 6.92 Å². The maximum Gasteiger partial charge on any atom is 0.166 e. The van der Waals surface area contributed by atoms with Crippen molar-refractivity contribution in [3.8, 4) is 0 Å². The highest BCUT2D eigenvalue weighted by atomic mass is 16.7. The van der Waals surface area contributed by atoms with Gasteiger partial charge in [0.1, 0.15) is 0 Å². The molecule has 4 atom stereocenters. The van der Waals surface area contributed by atoms with Crippen LogP contribution in [0.3, 0.4) is 0 Å². The van der Waals surface area contributed by atoms with Gasteiger partial charge in [0.15, 0.2) is 11.6 Å². The first-order chi connectivity index (χ1) is 13.3. The first-order valence-corrected chi connectivity index (χ1v) is 11.5. The van der Waals surface area contributed by atoms with Crippen LogP contribution < -0.4 is 0 Å². The van der Waals surface area contributed by atoms with Gasteiger partial charge in [-0.3, -0.25) is 4.79 Å². The van der Waals surface area contributed by atoms with Crippen LogP contribution in [0, 0.1) is 23.2 Å². The standard InChI is InChI=1S/C24H38O4/c1-16(2)15-26-22-8-6-20-18-5-7-21(25)19(17(18)9-11-23(20,22)3)10-12-24(4)27-13-14-28-24/h16,18,20,22H,5-15H2,1-4H3/t18?,20?,22-,23-/m1/s1. The van der Waals surface area contributed by atoms with Gasteiger partial charge in [-0.05, 0) is 74.2 Å². The second-order valence-corrected chi connectivity index (χ2v) is 10.3. The Morgan fingerprint density at radius 1 is 1.11 bits per heavy atom. The minimum Gasteiger partial charge on any atom is -0.377 e. The van der Waals surface area contributed by atoms with Crippen LogP contribution in [-0.2, 0) is 19.0 Å². The van der Waals surface area contributed by atoms with Crippen LogP contribution in [0.25, 0.3) is 0 Å². The molecule has 0 aromatic rings. The van der Waals surface area contributed by atoms with Crippen molar-refractivity contribution < 1.29 is 19.0 Å². The summed E-state index contributed by atoms with van der Waals surface area (Å²) in [6.45, 7) is 11.1. The van der Waals surface area contributed by atoms with E-state index in [1.54, 1.807) is 0 Å². The van der Waals surface area contributed by atoms with Gasteiger partial charge in [0, 0.05) is 19.4 Å². The average Bonchev–Trinajstić information content (AvgIpc) is 3.22. The lowest BCUT2D eigenvalue weighted by atomic mass is 9.58. The molecule has 1 aliphatic heterocycles. The molecule has 3 fully saturated rings. The summed E-state index contributed by atoms with van der Waals surface area (Å²) in [6, 6.07) is 0. The quantitative estimate of drug-likeness (QED) is 0.636. The second kappa shape index (κ2) is 7.85.